The van der Waals surface area contributed by atoms with Crippen molar-refractivity contribution in [3.8, 4) is 5.75 Å². The standard InChI is InChI=1S/C17H16N2O4/c1-2-22-13-6-4-12(5-7-13)18-16(20)10-11-3-8-15-14(9-11)19-17(21)23-15/h3-9H,2,10H2,1H3,(H,18,20)(H,19,21). The van der Waals surface area contributed by atoms with Crippen LogP contribution in [0.25, 0.3) is 11.1 Å². The summed E-state index contributed by atoms with van der Waals surface area (Å²) in [6.07, 6.45) is 0.205. The lowest BCUT2D eigenvalue weighted by molar-refractivity contribution is -0.115. The van der Waals surface area contributed by atoms with Gasteiger partial charge in [0.15, 0.2) is 5.58 Å². The summed E-state index contributed by atoms with van der Waals surface area (Å²) < 4.78 is 10.3. The fourth-order valence-corrected chi connectivity index (χ4v) is 2.30. The molecule has 23 heavy (non-hydrogen) atoms. The lowest BCUT2D eigenvalue weighted by Gasteiger charge is -2.07. The number of benzene rings is 2. The van der Waals surface area contributed by atoms with Gasteiger partial charge in [-0.2, -0.15) is 0 Å². The predicted molar refractivity (Wildman–Crippen MR) is 86.8 cm³/mol. The summed E-state index contributed by atoms with van der Waals surface area (Å²) in [5.41, 5.74) is 2.56. The van der Waals surface area contributed by atoms with Gasteiger partial charge in [0.25, 0.3) is 0 Å². The second-order valence-corrected chi connectivity index (χ2v) is 5.03. The van der Waals surface area contributed by atoms with Crippen molar-refractivity contribution in [2.24, 2.45) is 0 Å². The number of carbonyl (C=O) groups is 1. The van der Waals surface area contributed by atoms with Crippen molar-refractivity contribution in [1.82, 2.24) is 4.98 Å². The molecule has 0 spiro atoms. The molecule has 6 nitrogen and oxygen atoms in total. The van der Waals surface area contributed by atoms with Gasteiger partial charge in [-0.3, -0.25) is 9.78 Å². The molecule has 3 aromatic rings. The van der Waals surface area contributed by atoms with E-state index in [0.717, 1.165) is 11.3 Å². The first-order valence-electron chi connectivity index (χ1n) is 7.28. The van der Waals surface area contributed by atoms with E-state index in [9.17, 15) is 9.59 Å². The molecule has 0 saturated heterocycles. The number of nitrogens with one attached hydrogen (secondary N) is 2. The number of aromatic amines is 1. The van der Waals surface area contributed by atoms with E-state index in [2.05, 4.69) is 10.3 Å². The van der Waals surface area contributed by atoms with Crippen LogP contribution in [0.5, 0.6) is 5.75 Å². The SMILES string of the molecule is CCOc1ccc(NC(=O)Cc2ccc3oc(=O)[nH]c3c2)cc1. The number of aromatic nitrogens is 1. The number of oxazole rings is 1. The molecule has 3 rings (SSSR count). The summed E-state index contributed by atoms with van der Waals surface area (Å²) in [6, 6.07) is 12.4. The highest BCUT2D eigenvalue weighted by atomic mass is 16.5. The second-order valence-electron chi connectivity index (χ2n) is 5.03. The van der Waals surface area contributed by atoms with E-state index in [4.69, 9.17) is 9.15 Å². The Morgan fingerprint density at radius 2 is 2.00 bits per heavy atom. The van der Waals surface area contributed by atoms with Crippen LogP contribution < -0.4 is 15.8 Å². The van der Waals surface area contributed by atoms with Crippen LogP contribution in [-0.2, 0) is 11.2 Å². The Kier molecular flexibility index (Phi) is 4.14. The first-order valence-corrected chi connectivity index (χ1v) is 7.28. The first kappa shape index (κ1) is 14.9. The molecule has 6 heteroatoms. The van der Waals surface area contributed by atoms with Crippen molar-refractivity contribution in [2.75, 3.05) is 11.9 Å². The first-order chi connectivity index (χ1) is 11.1. The van der Waals surface area contributed by atoms with Crippen LogP contribution in [0.2, 0.25) is 0 Å². The molecule has 0 fully saturated rings. The number of amides is 1. The van der Waals surface area contributed by atoms with Gasteiger partial charge in [-0.25, -0.2) is 4.79 Å². The third kappa shape index (κ3) is 3.60. The number of ether oxygens (including phenoxy) is 1. The number of hydrogen-bond acceptors (Lipinski definition) is 4. The summed E-state index contributed by atoms with van der Waals surface area (Å²) in [7, 11) is 0. The maximum Gasteiger partial charge on any atom is 0.417 e. The number of carbonyl (C=O) groups excluding carboxylic acids is 1. The highest BCUT2D eigenvalue weighted by molar-refractivity contribution is 5.92. The van der Waals surface area contributed by atoms with E-state index in [1.807, 2.05) is 6.92 Å². The molecule has 0 saturated carbocycles. The number of hydrogen-bond donors (Lipinski definition) is 2. The molecule has 2 N–H and O–H groups in total. The van der Waals surface area contributed by atoms with Crippen LogP contribution >= 0.6 is 0 Å². The van der Waals surface area contributed by atoms with Crippen molar-refractivity contribution >= 4 is 22.7 Å². The number of H-pyrrole nitrogens is 1. The summed E-state index contributed by atoms with van der Waals surface area (Å²) in [5, 5.41) is 2.82. The topological polar surface area (TPSA) is 84.3 Å². The van der Waals surface area contributed by atoms with Gasteiger partial charge in [0.05, 0.1) is 18.5 Å². The summed E-state index contributed by atoms with van der Waals surface area (Å²) in [6.45, 7) is 2.52. The lowest BCUT2D eigenvalue weighted by atomic mass is 10.1. The minimum absolute atomic E-state index is 0.139. The normalized spacial score (nSPS) is 10.7. The molecule has 118 valence electrons. The molecule has 0 radical (unpaired) electrons. The van der Waals surface area contributed by atoms with Crippen molar-refractivity contribution < 1.29 is 13.9 Å². The quantitative estimate of drug-likeness (QED) is 0.758. The Morgan fingerprint density at radius 1 is 1.22 bits per heavy atom. The fraction of sp³-hybridized carbons (Fsp3) is 0.176. The monoisotopic (exact) mass is 312 g/mol. The number of rotatable bonds is 5. The maximum absolute atomic E-state index is 12.1. The number of fused-ring (bicyclic) bond motifs is 1. The Morgan fingerprint density at radius 3 is 2.74 bits per heavy atom. The minimum atomic E-state index is -0.504. The van der Waals surface area contributed by atoms with Gasteiger partial charge >= 0.3 is 5.76 Å². The van der Waals surface area contributed by atoms with E-state index >= 15 is 0 Å². The summed E-state index contributed by atoms with van der Waals surface area (Å²) in [4.78, 5) is 25.8. The van der Waals surface area contributed by atoms with Crippen LogP contribution in [0.15, 0.2) is 51.7 Å². The van der Waals surface area contributed by atoms with E-state index in [0.29, 0.717) is 23.4 Å². The molecule has 0 aliphatic carbocycles. The van der Waals surface area contributed by atoms with Crippen molar-refractivity contribution in [2.45, 2.75) is 13.3 Å². The van der Waals surface area contributed by atoms with Crippen LogP contribution in [-0.4, -0.2) is 17.5 Å². The molecule has 0 atom stereocenters. The van der Waals surface area contributed by atoms with Crippen molar-refractivity contribution in [3.63, 3.8) is 0 Å². The minimum Gasteiger partial charge on any atom is -0.494 e. The zero-order valence-electron chi connectivity index (χ0n) is 12.6. The van der Waals surface area contributed by atoms with E-state index < -0.39 is 5.76 Å². The molecule has 0 aliphatic rings. The molecule has 1 amide bonds. The van der Waals surface area contributed by atoms with Crippen molar-refractivity contribution in [3.05, 3.63) is 58.6 Å². The Labute approximate surface area is 132 Å². The summed E-state index contributed by atoms with van der Waals surface area (Å²) in [5.74, 6) is 0.121. The molecule has 0 unspecified atom stereocenters. The van der Waals surface area contributed by atoms with Gasteiger partial charge in [0, 0.05) is 5.69 Å². The van der Waals surface area contributed by atoms with Crippen LogP contribution in [0.3, 0.4) is 0 Å². The third-order valence-electron chi connectivity index (χ3n) is 3.30. The van der Waals surface area contributed by atoms with Gasteiger partial charge in [-0.05, 0) is 48.9 Å². The zero-order chi connectivity index (χ0) is 16.2. The van der Waals surface area contributed by atoms with Crippen molar-refractivity contribution in [1.29, 1.82) is 0 Å². The Bertz CT molecular complexity index is 877. The van der Waals surface area contributed by atoms with Crippen LogP contribution in [0.1, 0.15) is 12.5 Å². The third-order valence-corrected chi connectivity index (χ3v) is 3.30. The molecule has 0 aliphatic heterocycles. The Balaban J connectivity index is 1.66. The lowest BCUT2D eigenvalue weighted by Crippen LogP contribution is -2.14. The molecule has 1 aromatic heterocycles. The zero-order valence-corrected chi connectivity index (χ0v) is 12.6. The number of anilines is 1. The largest absolute Gasteiger partial charge is 0.494 e. The van der Waals surface area contributed by atoms with E-state index in [1.54, 1.807) is 42.5 Å². The van der Waals surface area contributed by atoms with Crippen LogP contribution in [0, 0.1) is 0 Å². The Hall–Kier alpha value is -3.02. The van der Waals surface area contributed by atoms with Gasteiger partial charge in [0.1, 0.15) is 5.75 Å². The average molecular weight is 312 g/mol. The predicted octanol–water partition coefficient (Wildman–Crippen LogP) is 2.70. The second kappa shape index (κ2) is 6.39. The molecular formula is C17H16N2O4. The van der Waals surface area contributed by atoms with Gasteiger partial charge in [-0.1, -0.05) is 6.07 Å². The van der Waals surface area contributed by atoms with E-state index in [1.165, 1.54) is 0 Å². The van der Waals surface area contributed by atoms with Gasteiger partial charge < -0.3 is 14.5 Å². The maximum atomic E-state index is 12.1. The highest BCUT2D eigenvalue weighted by Crippen LogP contribution is 2.17. The van der Waals surface area contributed by atoms with Crippen LogP contribution in [0.4, 0.5) is 5.69 Å². The molecule has 1 heterocycles. The fourth-order valence-electron chi connectivity index (χ4n) is 2.30. The molecule has 0 bridgehead atoms. The van der Waals surface area contributed by atoms with Gasteiger partial charge in [0.2, 0.25) is 5.91 Å². The summed E-state index contributed by atoms with van der Waals surface area (Å²) >= 11 is 0. The highest BCUT2D eigenvalue weighted by Gasteiger charge is 2.07. The van der Waals surface area contributed by atoms with E-state index in [-0.39, 0.29) is 12.3 Å². The smallest absolute Gasteiger partial charge is 0.417 e. The van der Waals surface area contributed by atoms with Gasteiger partial charge in [-0.15, -0.1) is 0 Å². The molecular weight excluding hydrogens is 296 g/mol. The molecule has 2 aromatic carbocycles. The average Bonchev–Trinajstić information content (AvgIpc) is 2.89.